The molecule has 4 aromatic rings. The molecule has 45 heavy (non-hydrogen) atoms. The van der Waals surface area contributed by atoms with E-state index in [-0.39, 0.29) is 33.6 Å². The summed E-state index contributed by atoms with van der Waals surface area (Å²) in [5.41, 5.74) is 0.908. The minimum atomic E-state index is -4.45. The van der Waals surface area contributed by atoms with E-state index in [2.05, 4.69) is 27.8 Å². The summed E-state index contributed by atoms with van der Waals surface area (Å²) in [4.78, 5) is 39.7. The second-order valence-corrected chi connectivity index (χ2v) is 13.6. The lowest BCUT2D eigenvalue weighted by Crippen LogP contribution is -2.51. The number of imidazole rings is 1. The van der Waals surface area contributed by atoms with Crippen molar-refractivity contribution in [3.8, 4) is 6.07 Å². The first kappa shape index (κ1) is 30.7. The number of rotatable bonds is 8. The quantitative estimate of drug-likeness (QED) is 0.292. The Hall–Kier alpha value is -4.31. The Morgan fingerprint density at radius 1 is 1.02 bits per heavy atom. The smallest absolute Gasteiger partial charge is 0.339 e. The summed E-state index contributed by atoms with van der Waals surface area (Å²) in [7, 11) is -4.45. The van der Waals surface area contributed by atoms with E-state index in [1.807, 2.05) is 6.07 Å². The number of hydrogen-bond acceptors (Lipinski definition) is 8. The zero-order chi connectivity index (χ0) is 31.7. The maximum atomic E-state index is 14.5. The Kier molecular flexibility index (Phi) is 8.59. The van der Waals surface area contributed by atoms with Gasteiger partial charge in [-0.1, -0.05) is 43.3 Å². The molecule has 11 nitrogen and oxygen atoms in total. The van der Waals surface area contributed by atoms with Gasteiger partial charge in [0.25, 0.3) is 15.9 Å². The number of carbonyl (C=O) groups is 1. The minimum absolute atomic E-state index is 0.0688. The summed E-state index contributed by atoms with van der Waals surface area (Å²) in [5.74, 6) is -0.289. The van der Waals surface area contributed by atoms with E-state index in [0.717, 1.165) is 51.1 Å². The van der Waals surface area contributed by atoms with Gasteiger partial charge in [-0.25, -0.2) is 9.78 Å². The number of carbonyl (C=O) groups excluding carboxylic acids is 1. The first-order valence-electron chi connectivity index (χ1n) is 15.4. The standard InChI is InChI=1S/C33H37N7O4S/c1-3-14-36-16-18-37(19-17-36)27-13-15-38(23-27)32(41)31(26-7-5-4-6-8-26)39-29-20-25(21-34)10-11-28(29)40(33(39)42)45(43,44)30-12-9-24(2)22-35-30/h4-12,20,22,27,31H,3,13-19,23H2,1-2H3. The summed E-state index contributed by atoms with van der Waals surface area (Å²) in [6, 6.07) is 17.4. The molecule has 2 fully saturated rings. The maximum Gasteiger partial charge on any atom is 0.344 e. The van der Waals surface area contributed by atoms with E-state index in [1.165, 1.54) is 35.0 Å². The normalized spacial score (nSPS) is 18.7. The molecule has 1 amide bonds. The van der Waals surface area contributed by atoms with Gasteiger partial charge in [-0.05, 0) is 61.7 Å². The number of amides is 1. The van der Waals surface area contributed by atoms with E-state index in [4.69, 9.17) is 0 Å². The number of pyridine rings is 1. The Morgan fingerprint density at radius 2 is 1.78 bits per heavy atom. The monoisotopic (exact) mass is 627 g/mol. The number of benzene rings is 2. The van der Waals surface area contributed by atoms with Crippen LogP contribution >= 0.6 is 0 Å². The Bertz CT molecular complexity index is 1900. The van der Waals surface area contributed by atoms with Crippen molar-refractivity contribution >= 4 is 27.0 Å². The molecule has 0 radical (unpaired) electrons. The van der Waals surface area contributed by atoms with E-state index in [9.17, 15) is 23.3 Å². The number of piperazine rings is 1. The highest BCUT2D eigenvalue weighted by Gasteiger charge is 2.38. The van der Waals surface area contributed by atoms with Crippen LogP contribution in [0, 0.1) is 18.3 Å². The van der Waals surface area contributed by atoms with Crippen LogP contribution < -0.4 is 5.69 Å². The summed E-state index contributed by atoms with van der Waals surface area (Å²) >= 11 is 0. The molecule has 2 aromatic carbocycles. The third-order valence-corrected chi connectivity index (χ3v) is 10.5. The van der Waals surface area contributed by atoms with Crippen molar-refractivity contribution in [1.29, 1.82) is 5.26 Å². The van der Waals surface area contributed by atoms with Gasteiger partial charge >= 0.3 is 5.69 Å². The molecule has 0 N–H and O–H groups in total. The van der Waals surface area contributed by atoms with Crippen molar-refractivity contribution in [2.24, 2.45) is 0 Å². The zero-order valence-electron chi connectivity index (χ0n) is 25.5. The van der Waals surface area contributed by atoms with Crippen molar-refractivity contribution in [1.82, 2.24) is 28.2 Å². The maximum absolute atomic E-state index is 14.5. The highest BCUT2D eigenvalue weighted by atomic mass is 32.2. The van der Waals surface area contributed by atoms with Crippen LogP contribution in [-0.2, 0) is 14.8 Å². The summed E-state index contributed by atoms with van der Waals surface area (Å²) in [6.07, 6.45) is 3.37. The topological polar surface area (TPSA) is 125 Å². The van der Waals surface area contributed by atoms with Gasteiger partial charge in [-0.2, -0.15) is 17.7 Å². The fraction of sp³-hybridized carbons (Fsp3) is 0.394. The van der Waals surface area contributed by atoms with Crippen LogP contribution in [0.25, 0.3) is 11.0 Å². The molecule has 0 saturated carbocycles. The molecule has 2 atom stereocenters. The van der Waals surface area contributed by atoms with E-state index in [1.54, 1.807) is 42.2 Å². The van der Waals surface area contributed by atoms with Crippen LogP contribution in [0.1, 0.15) is 42.5 Å². The van der Waals surface area contributed by atoms with E-state index >= 15 is 0 Å². The lowest BCUT2D eigenvalue weighted by atomic mass is 10.0. The Labute approximate surface area is 263 Å². The molecule has 2 unspecified atom stereocenters. The number of nitriles is 1. The van der Waals surface area contributed by atoms with Gasteiger partial charge in [0.05, 0.1) is 22.7 Å². The predicted molar refractivity (Wildman–Crippen MR) is 170 cm³/mol. The molecule has 2 aliphatic heterocycles. The zero-order valence-corrected chi connectivity index (χ0v) is 26.4. The Morgan fingerprint density at radius 3 is 2.44 bits per heavy atom. The third kappa shape index (κ3) is 5.79. The molecular formula is C33H37N7O4S. The van der Waals surface area contributed by atoms with Gasteiger partial charge < -0.3 is 9.80 Å². The van der Waals surface area contributed by atoms with Gasteiger partial charge in [0, 0.05) is 51.5 Å². The van der Waals surface area contributed by atoms with Crippen molar-refractivity contribution < 1.29 is 13.2 Å². The second kappa shape index (κ2) is 12.6. The van der Waals surface area contributed by atoms with Crippen molar-refractivity contribution in [3.05, 3.63) is 94.0 Å². The summed E-state index contributed by atoms with van der Waals surface area (Å²) < 4.78 is 29.8. The summed E-state index contributed by atoms with van der Waals surface area (Å²) in [5, 5.41) is 9.42. The minimum Gasteiger partial charge on any atom is -0.339 e. The number of likely N-dealkylation sites (tertiary alicyclic amines) is 1. The lowest BCUT2D eigenvalue weighted by Gasteiger charge is -2.38. The van der Waals surface area contributed by atoms with E-state index in [0.29, 0.717) is 22.6 Å². The fourth-order valence-electron chi connectivity index (χ4n) is 6.56. The average Bonchev–Trinajstić information content (AvgIpc) is 3.66. The van der Waals surface area contributed by atoms with Crippen LogP contribution in [0.5, 0.6) is 0 Å². The molecule has 0 aliphatic carbocycles. The number of nitrogens with zero attached hydrogens (tertiary/aromatic N) is 7. The molecule has 4 heterocycles. The first-order chi connectivity index (χ1) is 21.7. The van der Waals surface area contributed by atoms with Gasteiger partial charge in [0.15, 0.2) is 5.03 Å². The number of hydrogen-bond donors (Lipinski definition) is 0. The molecule has 0 spiro atoms. The van der Waals surface area contributed by atoms with Gasteiger partial charge in [0.2, 0.25) is 0 Å². The van der Waals surface area contributed by atoms with Crippen LogP contribution in [0.15, 0.2) is 76.7 Å². The van der Waals surface area contributed by atoms with Gasteiger partial charge in [-0.3, -0.25) is 14.3 Å². The highest BCUT2D eigenvalue weighted by molar-refractivity contribution is 7.90. The van der Waals surface area contributed by atoms with Crippen LogP contribution in [0.3, 0.4) is 0 Å². The van der Waals surface area contributed by atoms with Crippen LogP contribution in [-0.4, -0.2) is 94.4 Å². The third-order valence-electron chi connectivity index (χ3n) is 8.90. The molecule has 2 aromatic heterocycles. The molecule has 6 rings (SSSR count). The highest BCUT2D eigenvalue weighted by Crippen LogP contribution is 2.29. The molecule has 234 valence electrons. The van der Waals surface area contributed by atoms with Gasteiger partial charge in [0.1, 0.15) is 6.04 Å². The number of aromatic nitrogens is 3. The molecule has 2 aliphatic rings. The average molecular weight is 628 g/mol. The van der Waals surface area contributed by atoms with Crippen LogP contribution in [0.4, 0.5) is 0 Å². The van der Waals surface area contributed by atoms with Gasteiger partial charge in [-0.15, -0.1) is 0 Å². The number of aryl methyl sites for hydroxylation is 1. The Balaban J connectivity index is 1.43. The molecular weight excluding hydrogens is 590 g/mol. The van der Waals surface area contributed by atoms with E-state index < -0.39 is 21.8 Å². The van der Waals surface area contributed by atoms with Crippen molar-refractivity contribution in [2.45, 2.75) is 43.8 Å². The van der Waals surface area contributed by atoms with Crippen molar-refractivity contribution in [2.75, 3.05) is 45.8 Å². The summed E-state index contributed by atoms with van der Waals surface area (Å²) in [6.45, 7) is 10.0. The van der Waals surface area contributed by atoms with Crippen molar-refractivity contribution in [3.63, 3.8) is 0 Å². The van der Waals surface area contributed by atoms with Crippen LogP contribution in [0.2, 0.25) is 0 Å². The predicted octanol–water partition coefficient (Wildman–Crippen LogP) is 2.83. The molecule has 0 bridgehead atoms. The molecule has 2 saturated heterocycles. The first-order valence-corrected chi connectivity index (χ1v) is 16.8. The molecule has 12 heteroatoms. The number of fused-ring (bicyclic) bond motifs is 1. The second-order valence-electron chi connectivity index (χ2n) is 11.8. The fourth-order valence-corrected chi connectivity index (χ4v) is 7.88. The lowest BCUT2D eigenvalue weighted by molar-refractivity contribution is -0.132. The SMILES string of the molecule is CCCN1CCN(C2CCN(C(=O)C(c3ccccc3)n3c(=O)n(S(=O)(=O)c4ccc(C)cn4)c4ccc(C#N)cc43)C2)CC1. The largest absolute Gasteiger partial charge is 0.344 e.